The molecule has 0 fully saturated rings. The minimum atomic E-state index is -0.558. The second-order valence-electron chi connectivity index (χ2n) is 5.96. The second-order valence-corrected chi connectivity index (χ2v) is 5.96. The summed E-state index contributed by atoms with van der Waals surface area (Å²) in [4.78, 5) is 22.9. The third-order valence-electron chi connectivity index (χ3n) is 3.43. The molecule has 0 aliphatic carbocycles. The average molecular weight is 467 g/mol. The van der Waals surface area contributed by atoms with Crippen molar-refractivity contribution in [2.24, 2.45) is 0 Å². The van der Waals surface area contributed by atoms with Gasteiger partial charge in [0.2, 0.25) is 0 Å². The highest BCUT2D eigenvalue weighted by molar-refractivity contribution is 5.67. The molecule has 0 aromatic heterocycles. The normalized spacial score (nSPS) is 10.9. The predicted octanol–water partition coefficient (Wildman–Crippen LogP) is 0.354. The fraction of sp³-hybridized carbons (Fsp3) is 0.800. The first-order valence-electron chi connectivity index (χ1n) is 10.5. The second kappa shape index (κ2) is 25.3. The van der Waals surface area contributed by atoms with E-state index < -0.39 is 12.2 Å². The minimum Gasteiger partial charge on any atom is -0.445 e. The van der Waals surface area contributed by atoms with E-state index in [-0.39, 0.29) is 13.2 Å². The van der Waals surface area contributed by atoms with Crippen LogP contribution in [0, 0.1) is 0 Å². The summed E-state index contributed by atoms with van der Waals surface area (Å²) < 4.78 is 40.6. The number of hydrogen-bond donors (Lipinski definition) is 2. The van der Waals surface area contributed by atoms with E-state index >= 15 is 0 Å². The molecule has 0 spiro atoms. The molecule has 0 saturated carbocycles. The van der Waals surface area contributed by atoms with E-state index in [2.05, 4.69) is 10.6 Å². The first kappa shape index (κ1) is 30.0. The summed E-state index contributed by atoms with van der Waals surface area (Å²) in [6.45, 7) is 5.44. The van der Waals surface area contributed by atoms with Gasteiger partial charge in [0.05, 0.1) is 66.1 Å². The van der Waals surface area contributed by atoms with Crippen molar-refractivity contribution in [2.75, 3.05) is 107 Å². The summed E-state index contributed by atoms with van der Waals surface area (Å²) in [6.07, 6.45) is 2.04. The first-order valence-corrected chi connectivity index (χ1v) is 10.5. The minimum absolute atomic E-state index is 0.0608. The van der Waals surface area contributed by atoms with E-state index in [1.807, 2.05) is 0 Å². The Bertz CT molecular complexity index is 426. The number of ether oxygens (including phenoxy) is 8. The lowest BCUT2D eigenvalue weighted by molar-refractivity contribution is 0.0255. The van der Waals surface area contributed by atoms with E-state index in [0.717, 1.165) is 0 Å². The van der Waals surface area contributed by atoms with Crippen molar-refractivity contribution in [2.45, 2.75) is 0 Å². The standard InChI is InChI=1S/C20H38N2O10/c1-25-11-13-29-17-15-27-9-5-21-19(23)31-7-3-4-8-32-20(24)22-6-10-28-16-18-30-14-12-26-2/h3-4H,5-18H2,1-2H3,(H,21,23)(H,22,24)/b4-3+. The van der Waals surface area contributed by atoms with Gasteiger partial charge in [-0.05, 0) is 12.2 Å². The average Bonchev–Trinajstić information content (AvgIpc) is 2.79. The zero-order chi connectivity index (χ0) is 23.5. The highest BCUT2D eigenvalue weighted by atomic mass is 16.6. The smallest absolute Gasteiger partial charge is 0.407 e. The Morgan fingerprint density at radius 3 is 1.28 bits per heavy atom. The molecule has 0 aliphatic heterocycles. The lowest BCUT2D eigenvalue weighted by Gasteiger charge is -2.07. The number of alkyl carbamates (subject to hydrolysis) is 2. The van der Waals surface area contributed by atoms with Gasteiger partial charge in [-0.25, -0.2) is 9.59 Å². The van der Waals surface area contributed by atoms with Crippen molar-refractivity contribution in [1.29, 1.82) is 0 Å². The Morgan fingerprint density at radius 2 is 0.906 bits per heavy atom. The van der Waals surface area contributed by atoms with Crippen LogP contribution in [0.2, 0.25) is 0 Å². The van der Waals surface area contributed by atoms with E-state index in [4.69, 9.17) is 37.9 Å². The SMILES string of the molecule is COCCOCCOCCNC(=O)OC/C=C/COC(=O)NCCOCCOCCOC. The van der Waals surface area contributed by atoms with Crippen molar-refractivity contribution in [1.82, 2.24) is 10.6 Å². The van der Waals surface area contributed by atoms with Gasteiger partial charge in [0.25, 0.3) is 0 Å². The molecular formula is C20H38N2O10. The summed E-state index contributed by atoms with van der Waals surface area (Å²) in [5.74, 6) is 0. The number of rotatable bonds is 22. The number of nitrogens with one attached hydrogen (secondary N) is 2. The lowest BCUT2D eigenvalue weighted by Crippen LogP contribution is -2.28. The van der Waals surface area contributed by atoms with Crippen LogP contribution in [0.5, 0.6) is 0 Å². The number of carbonyl (C=O) groups is 2. The van der Waals surface area contributed by atoms with E-state index in [9.17, 15) is 9.59 Å². The maximum Gasteiger partial charge on any atom is 0.407 e. The van der Waals surface area contributed by atoms with Gasteiger partial charge in [0, 0.05) is 27.3 Å². The summed E-state index contributed by atoms with van der Waals surface area (Å²) in [7, 11) is 3.22. The first-order chi connectivity index (χ1) is 15.7. The summed E-state index contributed by atoms with van der Waals surface area (Å²) in [6, 6.07) is 0. The van der Waals surface area contributed by atoms with Gasteiger partial charge in [-0.1, -0.05) is 0 Å². The molecule has 188 valence electrons. The molecule has 0 heterocycles. The molecule has 0 aromatic carbocycles. The summed E-state index contributed by atoms with van der Waals surface area (Å²) in [5.41, 5.74) is 0. The topological polar surface area (TPSA) is 132 Å². The molecule has 0 unspecified atom stereocenters. The molecule has 0 atom stereocenters. The van der Waals surface area contributed by atoms with Crippen molar-refractivity contribution in [3.8, 4) is 0 Å². The maximum absolute atomic E-state index is 11.5. The van der Waals surface area contributed by atoms with E-state index in [0.29, 0.717) is 79.2 Å². The maximum atomic E-state index is 11.5. The molecule has 2 amide bonds. The van der Waals surface area contributed by atoms with E-state index in [1.54, 1.807) is 26.4 Å². The van der Waals surface area contributed by atoms with Gasteiger partial charge in [0.1, 0.15) is 13.2 Å². The van der Waals surface area contributed by atoms with Crippen LogP contribution in [0.1, 0.15) is 0 Å². The number of hydrogen-bond acceptors (Lipinski definition) is 10. The van der Waals surface area contributed by atoms with E-state index in [1.165, 1.54) is 0 Å². The zero-order valence-electron chi connectivity index (χ0n) is 19.1. The van der Waals surface area contributed by atoms with Crippen LogP contribution in [0.4, 0.5) is 9.59 Å². The Balaban J connectivity index is 3.37. The monoisotopic (exact) mass is 466 g/mol. The molecule has 32 heavy (non-hydrogen) atoms. The quantitative estimate of drug-likeness (QED) is 0.170. The van der Waals surface area contributed by atoms with Crippen molar-refractivity contribution >= 4 is 12.2 Å². The fourth-order valence-corrected chi connectivity index (χ4v) is 1.86. The van der Waals surface area contributed by atoms with Crippen LogP contribution >= 0.6 is 0 Å². The number of amides is 2. The Labute approximate surface area is 189 Å². The third-order valence-corrected chi connectivity index (χ3v) is 3.43. The molecule has 2 N–H and O–H groups in total. The molecule has 12 nitrogen and oxygen atoms in total. The predicted molar refractivity (Wildman–Crippen MR) is 115 cm³/mol. The van der Waals surface area contributed by atoms with Gasteiger partial charge in [-0.15, -0.1) is 0 Å². The van der Waals surface area contributed by atoms with Gasteiger partial charge in [-0.3, -0.25) is 0 Å². The zero-order valence-corrected chi connectivity index (χ0v) is 19.1. The molecule has 0 rings (SSSR count). The Hall–Kier alpha value is -1.96. The van der Waals surface area contributed by atoms with Crippen LogP contribution in [-0.2, 0) is 37.9 Å². The Kier molecular flexibility index (Phi) is 23.8. The summed E-state index contributed by atoms with van der Waals surface area (Å²) >= 11 is 0. The van der Waals surface area contributed by atoms with Gasteiger partial charge in [-0.2, -0.15) is 0 Å². The molecule has 12 heteroatoms. The van der Waals surface area contributed by atoms with Gasteiger partial charge in [0.15, 0.2) is 0 Å². The van der Waals surface area contributed by atoms with Crippen LogP contribution in [0.25, 0.3) is 0 Å². The van der Waals surface area contributed by atoms with Crippen molar-refractivity contribution < 1.29 is 47.5 Å². The molecule has 0 aliphatic rings. The Morgan fingerprint density at radius 1 is 0.562 bits per heavy atom. The molecule has 0 bridgehead atoms. The molecule has 0 radical (unpaired) electrons. The van der Waals surface area contributed by atoms with Crippen LogP contribution < -0.4 is 10.6 Å². The fourth-order valence-electron chi connectivity index (χ4n) is 1.86. The number of carbonyl (C=O) groups excluding carboxylic acids is 2. The van der Waals surface area contributed by atoms with Gasteiger partial charge >= 0.3 is 12.2 Å². The van der Waals surface area contributed by atoms with Crippen LogP contribution in [-0.4, -0.2) is 119 Å². The molecule has 0 aromatic rings. The molecular weight excluding hydrogens is 428 g/mol. The lowest BCUT2D eigenvalue weighted by atomic mass is 10.5. The van der Waals surface area contributed by atoms with Crippen LogP contribution in [0.15, 0.2) is 12.2 Å². The van der Waals surface area contributed by atoms with Crippen LogP contribution in [0.3, 0.4) is 0 Å². The largest absolute Gasteiger partial charge is 0.445 e. The van der Waals surface area contributed by atoms with Crippen molar-refractivity contribution in [3.05, 3.63) is 12.2 Å². The van der Waals surface area contributed by atoms with Gasteiger partial charge < -0.3 is 48.5 Å². The molecule has 0 saturated heterocycles. The third kappa shape index (κ3) is 24.3. The van der Waals surface area contributed by atoms with Crippen molar-refractivity contribution in [3.63, 3.8) is 0 Å². The highest BCUT2D eigenvalue weighted by Gasteiger charge is 2.01. The number of methoxy groups -OCH3 is 2. The summed E-state index contributed by atoms with van der Waals surface area (Å²) in [5, 5.41) is 5.10. The highest BCUT2D eigenvalue weighted by Crippen LogP contribution is 1.85.